The van der Waals surface area contributed by atoms with Gasteiger partial charge in [0.25, 0.3) is 0 Å². The topological polar surface area (TPSA) is 26.3 Å². The molecular formula is C8H14O2. The third kappa shape index (κ3) is 1.57. The summed E-state index contributed by atoms with van der Waals surface area (Å²) in [6.07, 6.45) is 0.740. The lowest BCUT2D eigenvalue weighted by Crippen LogP contribution is -2.25. The molecule has 0 aromatic heterocycles. The first-order chi connectivity index (χ1) is 4.50. The molecule has 1 heterocycles. The summed E-state index contributed by atoms with van der Waals surface area (Å²) in [5.41, 5.74) is 0.117. The molecule has 2 heteroatoms. The monoisotopic (exact) mass is 142 g/mol. The zero-order valence-electron chi connectivity index (χ0n) is 6.81. The van der Waals surface area contributed by atoms with Gasteiger partial charge in [-0.15, -0.1) is 0 Å². The lowest BCUT2D eigenvalue weighted by Gasteiger charge is -2.24. The molecule has 0 unspecified atom stereocenters. The Labute approximate surface area is 61.6 Å². The molecule has 58 valence electrons. The Morgan fingerprint density at radius 2 is 2.10 bits per heavy atom. The van der Waals surface area contributed by atoms with E-state index in [9.17, 15) is 4.79 Å². The zero-order chi connectivity index (χ0) is 7.78. The number of hydrogen-bond acceptors (Lipinski definition) is 2. The molecule has 10 heavy (non-hydrogen) atoms. The molecule has 0 aromatic carbocycles. The SMILES string of the molecule is CC(C)(C)[C@@H]1CC(=O)CO1. The van der Waals surface area contributed by atoms with Gasteiger partial charge in [0.1, 0.15) is 6.61 Å². The minimum Gasteiger partial charge on any atom is -0.369 e. The number of ether oxygens (including phenoxy) is 1. The van der Waals surface area contributed by atoms with Crippen molar-refractivity contribution in [3.05, 3.63) is 0 Å². The number of hydrogen-bond donors (Lipinski definition) is 0. The van der Waals surface area contributed by atoms with E-state index < -0.39 is 0 Å². The number of ketones is 1. The molecule has 1 aliphatic heterocycles. The number of rotatable bonds is 0. The van der Waals surface area contributed by atoms with Crippen LogP contribution in [0.3, 0.4) is 0 Å². The highest BCUT2D eigenvalue weighted by atomic mass is 16.5. The summed E-state index contributed by atoms with van der Waals surface area (Å²) in [7, 11) is 0. The van der Waals surface area contributed by atoms with E-state index >= 15 is 0 Å². The van der Waals surface area contributed by atoms with Gasteiger partial charge < -0.3 is 4.74 Å². The lowest BCUT2D eigenvalue weighted by molar-refractivity contribution is -0.117. The van der Waals surface area contributed by atoms with Gasteiger partial charge in [-0.2, -0.15) is 0 Å². The van der Waals surface area contributed by atoms with Gasteiger partial charge in [0.2, 0.25) is 0 Å². The highest BCUT2D eigenvalue weighted by Crippen LogP contribution is 2.28. The quantitative estimate of drug-likeness (QED) is 0.511. The molecule has 0 N–H and O–H groups in total. The Kier molecular flexibility index (Phi) is 1.82. The van der Waals surface area contributed by atoms with Gasteiger partial charge in [0.05, 0.1) is 6.10 Å². The minimum atomic E-state index is 0.117. The normalized spacial score (nSPS) is 27.5. The molecule has 0 saturated carbocycles. The van der Waals surface area contributed by atoms with Crippen LogP contribution in [0.1, 0.15) is 27.2 Å². The molecule has 0 aromatic rings. The first-order valence-corrected chi connectivity index (χ1v) is 3.63. The summed E-state index contributed by atoms with van der Waals surface area (Å²) in [5, 5.41) is 0. The maximum Gasteiger partial charge on any atom is 0.161 e. The average Bonchev–Trinajstić information content (AvgIpc) is 2.11. The van der Waals surface area contributed by atoms with E-state index in [0.717, 1.165) is 0 Å². The molecule has 0 amide bonds. The van der Waals surface area contributed by atoms with Crippen molar-refractivity contribution < 1.29 is 9.53 Å². The van der Waals surface area contributed by atoms with Gasteiger partial charge in [0.15, 0.2) is 5.78 Å². The summed E-state index contributed by atoms with van der Waals surface area (Å²) >= 11 is 0. The number of carbonyl (C=O) groups excluding carboxylic acids is 1. The highest BCUT2D eigenvalue weighted by molar-refractivity contribution is 5.81. The van der Waals surface area contributed by atoms with Crippen molar-refractivity contribution in [2.45, 2.75) is 33.3 Å². The molecule has 1 rings (SSSR count). The van der Waals surface area contributed by atoms with Crippen LogP contribution in [0.25, 0.3) is 0 Å². The molecule has 1 fully saturated rings. The maximum absolute atomic E-state index is 10.8. The van der Waals surface area contributed by atoms with Crippen LogP contribution in [-0.2, 0) is 9.53 Å². The second kappa shape index (κ2) is 2.35. The smallest absolute Gasteiger partial charge is 0.161 e. The van der Waals surface area contributed by atoms with E-state index in [1.54, 1.807) is 0 Å². The van der Waals surface area contributed by atoms with Gasteiger partial charge in [-0.25, -0.2) is 0 Å². The van der Waals surface area contributed by atoms with E-state index in [4.69, 9.17) is 4.74 Å². The van der Waals surface area contributed by atoms with E-state index in [1.807, 2.05) is 0 Å². The summed E-state index contributed by atoms with van der Waals surface area (Å²) < 4.78 is 5.28. The first-order valence-electron chi connectivity index (χ1n) is 3.63. The van der Waals surface area contributed by atoms with Gasteiger partial charge in [-0.05, 0) is 5.41 Å². The fraction of sp³-hybridized carbons (Fsp3) is 0.875. The van der Waals surface area contributed by atoms with Crippen molar-refractivity contribution in [2.24, 2.45) is 5.41 Å². The van der Waals surface area contributed by atoms with Crippen LogP contribution in [0.2, 0.25) is 0 Å². The van der Waals surface area contributed by atoms with Crippen molar-refractivity contribution in [2.75, 3.05) is 6.61 Å². The fourth-order valence-electron chi connectivity index (χ4n) is 1.07. The fourth-order valence-corrected chi connectivity index (χ4v) is 1.07. The highest BCUT2D eigenvalue weighted by Gasteiger charge is 2.32. The van der Waals surface area contributed by atoms with Crippen LogP contribution < -0.4 is 0 Å². The predicted molar refractivity (Wildman–Crippen MR) is 38.8 cm³/mol. The maximum atomic E-state index is 10.8. The molecule has 1 saturated heterocycles. The largest absolute Gasteiger partial charge is 0.369 e. The molecule has 0 aliphatic carbocycles. The summed E-state index contributed by atoms with van der Waals surface area (Å²) in [5.74, 6) is 0.236. The van der Waals surface area contributed by atoms with Crippen molar-refractivity contribution >= 4 is 5.78 Å². The van der Waals surface area contributed by atoms with Crippen molar-refractivity contribution in [1.82, 2.24) is 0 Å². The van der Waals surface area contributed by atoms with E-state index in [0.29, 0.717) is 13.0 Å². The summed E-state index contributed by atoms with van der Waals surface area (Å²) in [6, 6.07) is 0. The molecule has 1 aliphatic rings. The average molecular weight is 142 g/mol. The molecule has 0 bridgehead atoms. The summed E-state index contributed by atoms with van der Waals surface area (Å²) in [4.78, 5) is 10.8. The van der Waals surface area contributed by atoms with Gasteiger partial charge in [0, 0.05) is 6.42 Å². The first kappa shape index (κ1) is 7.73. The van der Waals surface area contributed by atoms with Crippen LogP contribution in [0.5, 0.6) is 0 Å². The molecule has 1 atom stereocenters. The van der Waals surface area contributed by atoms with Crippen molar-refractivity contribution in [3.63, 3.8) is 0 Å². The van der Waals surface area contributed by atoms with Crippen LogP contribution in [0.4, 0.5) is 0 Å². The lowest BCUT2D eigenvalue weighted by atomic mass is 9.87. The standard InChI is InChI=1S/C8H14O2/c1-8(2,3)7-4-6(9)5-10-7/h7H,4-5H2,1-3H3/t7-/m0/s1. The van der Waals surface area contributed by atoms with Crippen LogP contribution in [0, 0.1) is 5.41 Å². The second-order valence-electron chi connectivity index (χ2n) is 3.91. The molecular weight excluding hydrogens is 128 g/mol. The van der Waals surface area contributed by atoms with Crippen LogP contribution in [0.15, 0.2) is 0 Å². The third-order valence-electron chi connectivity index (χ3n) is 1.82. The Morgan fingerprint density at radius 3 is 2.30 bits per heavy atom. The van der Waals surface area contributed by atoms with E-state index in [2.05, 4.69) is 20.8 Å². The Hall–Kier alpha value is -0.370. The van der Waals surface area contributed by atoms with Crippen LogP contribution >= 0.6 is 0 Å². The molecule has 2 nitrogen and oxygen atoms in total. The summed E-state index contributed by atoms with van der Waals surface area (Å²) in [6.45, 7) is 6.60. The Balaban J connectivity index is 2.53. The van der Waals surface area contributed by atoms with Crippen molar-refractivity contribution in [1.29, 1.82) is 0 Å². The third-order valence-corrected chi connectivity index (χ3v) is 1.82. The van der Waals surface area contributed by atoms with Gasteiger partial charge >= 0.3 is 0 Å². The van der Waals surface area contributed by atoms with E-state index in [1.165, 1.54) is 0 Å². The molecule has 0 spiro atoms. The number of Topliss-reactive ketones (excluding diaryl/α,β-unsaturated/α-hetero) is 1. The Morgan fingerprint density at radius 1 is 1.50 bits per heavy atom. The van der Waals surface area contributed by atoms with Gasteiger partial charge in [-0.1, -0.05) is 20.8 Å². The predicted octanol–water partition coefficient (Wildman–Crippen LogP) is 1.39. The minimum absolute atomic E-state index is 0.117. The van der Waals surface area contributed by atoms with Crippen molar-refractivity contribution in [3.8, 4) is 0 Å². The zero-order valence-corrected chi connectivity index (χ0v) is 6.81. The Bertz CT molecular complexity index is 144. The van der Waals surface area contributed by atoms with Gasteiger partial charge in [-0.3, -0.25) is 4.79 Å². The second-order valence-corrected chi connectivity index (χ2v) is 3.91. The molecule has 0 radical (unpaired) electrons. The van der Waals surface area contributed by atoms with Crippen LogP contribution in [-0.4, -0.2) is 18.5 Å². The van der Waals surface area contributed by atoms with E-state index in [-0.39, 0.29) is 17.3 Å². The number of carbonyl (C=O) groups is 1.